The Labute approximate surface area is 200 Å². The zero-order valence-electron chi connectivity index (χ0n) is 19.8. The summed E-state index contributed by atoms with van der Waals surface area (Å²) in [5.74, 6) is -1.11. The Morgan fingerprint density at radius 2 is 1.65 bits per heavy atom. The molecule has 0 radical (unpaired) electrons. The summed E-state index contributed by atoms with van der Waals surface area (Å²) in [4.78, 5) is 43.9. The number of benzene rings is 2. The van der Waals surface area contributed by atoms with Gasteiger partial charge in [-0.1, -0.05) is 30.7 Å². The van der Waals surface area contributed by atoms with E-state index in [1.165, 1.54) is 23.2 Å². The number of likely N-dealkylation sites (tertiary alicyclic amines) is 1. The average Bonchev–Trinajstić information content (AvgIpc) is 3.10. The third-order valence-corrected chi connectivity index (χ3v) is 7.34. The lowest BCUT2D eigenvalue weighted by molar-refractivity contribution is -0.121. The van der Waals surface area contributed by atoms with E-state index in [1.807, 2.05) is 0 Å². The SMILES string of the molecule is CN1CCCc2cc(C(CNC(=O)CN3C(=O)c4ccccc4C3=O)N3CCCCC3)ccc21. The van der Waals surface area contributed by atoms with E-state index in [4.69, 9.17) is 0 Å². The number of aryl methyl sites for hydroxylation is 1. The molecule has 3 heterocycles. The maximum atomic E-state index is 12.9. The molecule has 34 heavy (non-hydrogen) atoms. The predicted molar refractivity (Wildman–Crippen MR) is 131 cm³/mol. The van der Waals surface area contributed by atoms with Gasteiger partial charge in [0.1, 0.15) is 6.54 Å². The number of carbonyl (C=O) groups excluding carboxylic acids is 3. The number of nitrogens with zero attached hydrogens (tertiary/aromatic N) is 3. The molecule has 0 spiro atoms. The number of hydrogen-bond donors (Lipinski definition) is 1. The van der Waals surface area contributed by atoms with Crippen molar-refractivity contribution in [1.82, 2.24) is 15.1 Å². The summed E-state index contributed by atoms with van der Waals surface area (Å²) >= 11 is 0. The van der Waals surface area contributed by atoms with Crippen molar-refractivity contribution in [2.24, 2.45) is 0 Å². The topological polar surface area (TPSA) is 73.0 Å². The second kappa shape index (κ2) is 9.58. The van der Waals surface area contributed by atoms with Gasteiger partial charge in [0.05, 0.1) is 17.2 Å². The van der Waals surface area contributed by atoms with E-state index in [9.17, 15) is 14.4 Å². The number of anilines is 1. The molecule has 2 aromatic carbocycles. The van der Waals surface area contributed by atoms with Gasteiger partial charge in [0.2, 0.25) is 5.91 Å². The molecule has 0 aromatic heterocycles. The summed E-state index contributed by atoms with van der Waals surface area (Å²) in [7, 11) is 2.14. The predicted octanol–water partition coefficient (Wildman–Crippen LogP) is 3.01. The van der Waals surface area contributed by atoms with Gasteiger partial charge in [0, 0.05) is 25.8 Å². The summed E-state index contributed by atoms with van der Waals surface area (Å²) in [6, 6.07) is 13.5. The van der Waals surface area contributed by atoms with Crippen LogP contribution >= 0.6 is 0 Å². The fraction of sp³-hybridized carbons (Fsp3) is 0.444. The summed E-state index contributed by atoms with van der Waals surface area (Å²) in [6.07, 6.45) is 5.79. The second-order valence-electron chi connectivity index (χ2n) is 9.57. The van der Waals surface area contributed by atoms with Crippen LogP contribution in [0.4, 0.5) is 5.69 Å². The summed E-state index contributed by atoms with van der Waals surface area (Å²) < 4.78 is 0. The Kier molecular flexibility index (Phi) is 6.37. The van der Waals surface area contributed by atoms with Gasteiger partial charge < -0.3 is 10.2 Å². The molecule has 5 rings (SSSR count). The van der Waals surface area contributed by atoms with E-state index in [1.54, 1.807) is 24.3 Å². The lowest BCUT2D eigenvalue weighted by atomic mass is 9.95. The molecule has 1 N–H and O–H groups in total. The number of piperidine rings is 1. The number of hydrogen-bond acceptors (Lipinski definition) is 5. The minimum Gasteiger partial charge on any atom is -0.374 e. The molecular weight excluding hydrogens is 428 g/mol. The van der Waals surface area contributed by atoms with Crippen LogP contribution in [0, 0.1) is 0 Å². The number of imide groups is 1. The van der Waals surface area contributed by atoms with Crippen LogP contribution in [-0.2, 0) is 11.2 Å². The van der Waals surface area contributed by atoms with Gasteiger partial charge >= 0.3 is 0 Å². The quantitative estimate of drug-likeness (QED) is 0.671. The van der Waals surface area contributed by atoms with Gasteiger partial charge in [0.25, 0.3) is 11.8 Å². The Morgan fingerprint density at radius 3 is 2.35 bits per heavy atom. The van der Waals surface area contributed by atoms with Crippen LogP contribution in [0.15, 0.2) is 42.5 Å². The highest BCUT2D eigenvalue weighted by Crippen LogP contribution is 2.31. The Morgan fingerprint density at radius 1 is 0.941 bits per heavy atom. The molecule has 3 aliphatic rings. The molecule has 0 aliphatic carbocycles. The Bertz CT molecular complexity index is 1070. The monoisotopic (exact) mass is 460 g/mol. The van der Waals surface area contributed by atoms with Crippen LogP contribution in [0.1, 0.15) is 63.6 Å². The van der Waals surface area contributed by atoms with Crippen molar-refractivity contribution >= 4 is 23.4 Å². The molecule has 0 saturated carbocycles. The second-order valence-corrected chi connectivity index (χ2v) is 9.57. The molecule has 178 valence electrons. The van der Waals surface area contributed by atoms with Crippen LogP contribution < -0.4 is 10.2 Å². The van der Waals surface area contributed by atoms with Gasteiger partial charge in [-0.3, -0.25) is 24.2 Å². The molecule has 7 heteroatoms. The van der Waals surface area contributed by atoms with E-state index in [0.29, 0.717) is 17.7 Å². The van der Waals surface area contributed by atoms with Crippen LogP contribution in [0.2, 0.25) is 0 Å². The van der Waals surface area contributed by atoms with Gasteiger partial charge in [-0.15, -0.1) is 0 Å². The third-order valence-electron chi connectivity index (χ3n) is 7.34. The lowest BCUT2D eigenvalue weighted by Gasteiger charge is -2.36. The molecule has 7 nitrogen and oxygen atoms in total. The summed E-state index contributed by atoms with van der Waals surface area (Å²) in [5.41, 5.74) is 4.61. The molecule has 3 aliphatic heterocycles. The lowest BCUT2D eigenvalue weighted by Crippen LogP contribution is -2.44. The van der Waals surface area contributed by atoms with Crippen molar-refractivity contribution in [3.05, 3.63) is 64.7 Å². The highest BCUT2D eigenvalue weighted by molar-refractivity contribution is 6.22. The third kappa shape index (κ3) is 4.32. The Balaban J connectivity index is 1.29. The number of amides is 3. The molecule has 1 fully saturated rings. The molecule has 1 atom stereocenters. The van der Waals surface area contributed by atoms with Crippen LogP contribution in [-0.4, -0.2) is 67.3 Å². The van der Waals surface area contributed by atoms with Crippen molar-refractivity contribution < 1.29 is 14.4 Å². The van der Waals surface area contributed by atoms with E-state index in [2.05, 4.69) is 40.4 Å². The van der Waals surface area contributed by atoms with Crippen molar-refractivity contribution in [3.8, 4) is 0 Å². The summed E-state index contributed by atoms with van der Waals surface area (Å²) in [6.45, 7) is 3.30. The highest BCUT2D eigenvalue weighted by Gasteiger charge is 2.36. The van der Waals surface area contributed by atoms with Gasteiger partial charge in [-0.25, -0.2) is 0 Å². The first-order chi connectivity index (χ1) is 16.5. The van der Waals surface area contributed by atoms with Crippen molar-refractivity contribution in [3.63, 3.8) is 0 Å². The molecule has 1 saturated heterocycles. The van der Waals surface area contributed by atoms with Gasteiger partial charge in [-0.05, 0) is 68.1 Å². The standard InChI is InChI=1S/C27H32N4O3/c1-29-13-7-8-19-16-20(11-12-23(19)29)24(30-14-5-2-6-15-30)17-28-25(32)18-31-26(33)21-9-3-4-10-22(21)27(31)34/h3-4,9-12,16,24H,2,5-8,13-15,17-18H2,1H3,(H,28,32). The molecule has 3 amide bonds. The molecule has 0 bridgehead atoms. The van der Waals surface area contributed by atoms with Crippen molar-refractivity contribution in [2.75, 3.05) is 44.7 Å². The first-order valence-electron chi connectivity index (χ1n) is 12.3. The van der Waals surface area contributed by atoms with E-state index in [-0.39, 0.29) is 18.5 Å². The van der Waals surface area contributed by atoms with Crippen LogP contribution in [0.3, 0.4) is 0 Å². The molecular formula is C27H32N4O3. The summed E-state index contributed by atoms with van der Waals surface area (Å²) in [5, 5.41) is 3.03. The van der Waals surface area contributed by atoms with Gasteiger partial charge in [-0.2, -0.15) is 0 Å². The number of rotatable bonds is 6. The van der Waals surface area contributed by atoms with E-state index < -0.39 is 11.8 Å². The zero-order valence-corrected chi connectivity index (χ0v) is 19.8. The van der Waals surface area contributed by atoms with Crippen LogP contribution in [0.5, 0.6) is 0 Å². The number of fused-ring (bicyclic) bond motifs is 2. The van der Waals surface area contributed by atoms with E-state index >= 15 is 0 Å². The minimum absolute atomic E-state index is 0.0731. The first kappa shape index (κ1) is 22.6. The smallest absolute Gasteiger partial charge is 0.262 e. The zero-order chi connectivity index (χ0) is 23.7. The average molecular weight is 461 g/mol. The fourth-order valence-corrected chi connectivity index (χ4v) is 5.49. The van der Waals surface area contributed by atoms with Crippen molar-refractivity contribution in [1.29, 1.82) is 0 Å². The van der Waals surface area contributed by atoms with E-state index in [0.717, 1.165) is 50.2 Å². The van der Waals surface area contributed by atoms with Crippen molar-refractivity contribution in [2.45, 2.75) is 38.1 Å². The van der Waals surface area contributed by atoms with Crippen LogP contribution in [0.25, 0.3) is 0 Å². The first-order valence-corrected chi connectivity index (χ1v) is 12.3. The highest BCUT2D eigenvalue weighted by atomic mass is 16.2. The maximum Gasteiger partial charge on any atom is 0.262 e. The molecule has 1 unspecified atom stereocenters. The largest absolute Gasteiger partial charge is 0.374 e. The minimum atomic E-state index is -0.401. The number of carbonyl (C=O) groups is 3. The number of nitrogens with one attached hydrogen (secondary N) is 1. The Hall–Kier alpha value is -3.19. The maximum absolute atomic E-state index is 12.9. The van der Waals surface area contributed by atoms with Gasteiger partial charge in [0.15, 0.2) is 0 Å². The normalized spacial score (nSPS) is 19.1. The fourth-order valence-electron chi connectivity index (χ4n) is 5.49. The molecule has 2 aromatic rings.